The Morgan fingerprint density at radius 2 is 1.74 bits per heavy atom. The number of benzene rings is 2. The fraction of sp³-hybridized carbons (Fsp3) is 0.174. The summed E-state index contributed by atoms with van der Waals surface area (Å²) in [7, 11) is 0. The van der Waals surface area contributed by atoms with E-state index in [1.54, 1.807) is 29.1 Å². The topological polar surface area (TPSA) is 59.7 Å². The number of aryl methyl sites for hydroxylation is 1. The normalized spacial score (nSPS) is 11.0. The van der Waals surface area contributed by atoms with Gasteiger partial charge in [-0.25, -0.2) is 4.39 Å². The highest BCUT2D eigenvalue weighted by Gasteiger charge is 2.14. The minimum Gasteiger partial charge on any atom is -0.329 e. The zero-order valence-corrected chi connectivity index (χ0v) is 21.3. The molecule has 0 unspecified atom stereocenters. The molecule has 4 rings (SSSR count). The average molecular weight is 538 g/mol. The van der Waals surface area contributed by atoms with Gasteiger partial charge in [-0.15, -0.1) is 0 Å². The van der Waals surface area contributed by atoms with Crippen LogP contribution < -0.4 is 10.6 Å². The van der Waals surface area contributed by atoms with Gasteiger partial charge in [0.05, 0.1) is 40.2 Å². The molecule has 0 atom stereocenters. The van der Waals surface area contributed by atoms with Gasteiger partial charge in [-0.1, -0.05) is 46.9 Å². The Kier molecular flexibility index (Phi) is 7.42. The first kappa shape index (κ1) is 24.5. The first-order valence-corrected chi connectivity index (χ1v) is 11.8. The number of hydrogen-bond donors (Lipinski definition) is 2. The van der Waals surface area contributed by atoms with E-state index in [-0.39, 0.29) is 5.82 Å². The molecule has 11 heteroatoms. The predicted molar refractivity (Wildman–Crippen MR) is 140 cm³/mol. The third-order valence-corrected chi connectivity index (χ3v) is 6.46. The number of nitrogens with zero attached hydrogens (tertiary/aromatic N) is 4. The van der Waals surface area contributed by atoms with Crippen molar-refractivity contribution in [2.75, 3.05) is 10.6 Å². The number of aromatic nitrogens is 4. The molecule has 4 aromatic rings. The van der Waals surface area contributed by atoms with Crippen molar-refractivity contribution < 1.29 is 4.39 Å². The summed E-state index contributed by atoms with van der Waals surface area (Å²) in [6.45, 7) is 4.82. The maximum atomic E-state index is 13.3. The number of anilines is 2. The minimum atomic E-state index is -0.376. The molecule has 0 aliphatic rings. The molecule has 0 amide bonds. The van der Waals surface area contributed by atoms with E-state index in [2.05, 4.69) is 20.8 Å². The van der Waals surface area contributed by atoms with Crippen LogP contribution in [0, 0.1) is 19.7 Å². The van der Waals surface area contributed by atoms with Crippen LogP contribution in [0.15, 0.2) is 48.7 Å². The van der Waals surface area contributed by atoms with Crippen LogP contribution in [0.4, 0.5) is 15.9 Å². The van der Waals surface area contributed by atoms with Gasteiger partial charge in [-0.05, 0) is 61.5 Å². The lowest BCUT2D eigenvalue weighted by Gasteiger charge is -2.10. The lowest BCUT2D eigenvalue weighted by Crippen LogP contribution is -2.20. The number of halogens is 4. The number of hydrogen-bond acceptors (Lipinski definition) is 3. The summed E-state index contributed by atoms with van der Waals surface area (Å²) in [6.07, 6.45) is 1.79. The molecule has 0 aliphatic carbocycles. The summed E-state index contributed by atoms with van der Waals surface area (Å²) in [5.74, 6) is 0.188. The van der Waals surface area contributed by atoms with Crippen LogP contribution >= 0.6 is 47.0 Å². The minimum absolute atomic E-state index is 0.353. The molecule has 6 nitrogen and oxygen atoms in total. The Labute approximate surface area is 216 Å². The largest absolute Gasteiger partial charge is 0.329 e. The molecule has 0 aliphatic heterocycles. The zero-order valence-electron chi connectivity index (χ0n) is 18.2. The van der Waals surface area contributed by atoms with Gasteiger partial charge in [0.2, 0.25) is 0 Å². The second-order valence-electron chi connectivity index (χ2n) is 7.67. The molecule has 2 aromatic heterocycles. The Bertz CT molecular complexity index is 1370. The molecule has 0 bridgehead atoms. The van der Waals surface area contributed by atoms with Crippen LogP contribution in [-0.2, 0) is 13.1 Å². The van der Waals surface area contributed by atoms with E-state index in [1.807, 2.05) is 30.7 Å². The van der Waals surface area contributed by atoms with Crippen molar-refractivity contribution in [2.24, 2.45) is 0 Å². The lowest BCUT2D eigenvalue weighted by molar-refractivity contribution is 0.624. The Balaban J connectivity index is 1.41. The molecule has 0 fully saturated rings. The van der Waals surface area contributed by atoms with Gasteiger partial charge in [-0.2, -0.15) is 10.2 Å². The smallest absolute Gasteiger partial charge is 0.176 e. The fourth-order valence-corrected chi connectivity index (χ4v) is 4.20. The van der Waals surface area contributed by atoms with Crippen LogP contribution in [-0.4, -0.2) is 24.7 Å². The van der Waals surface area contributed by atoms with Crippen molar-refractivity contribution in [3.63, 3.8) is 0 Å². The predicted octanol–water partition coefficient (Wildman–Crippen LogP) is 6.70. The lowest BCUT2D eigenvalue weighted by atomic mass is 10.2. The summed E-state index contributed by atoms with van der Waals surface area (Å²) >= 11 is 23.7. The summed E-state index contributed by atoms with van der Waals surface area (Å²) < 4.78 is 16.8. The van der Waals surface area contributed by atoms with E-state index in [0.717, 1.165) is 28.2 Å². The maximum absolute atomic E-state index is 13.3. The maximum Gasteiger partial charge on any atom is 0.176 e. The van der Waals surface area contributed by atoms with E-state index in [9.17, 15) is 4.39 Å². The van der Waals surface area contributed by atoms with Gasteiger partial charge in [-0.3, -0.25) is 9.36 Å². The van der Waals surface area contributed by atoms with Crippen molar-refractivity contribution in [1.29, 1.82) is 0 Å². The number of thiocarbonyl (C=S) groups is 1. The van der Waals surface area contributed by atoms with Crippen molar-refractivity contribution in [2.45, 2.75) is 26.9 Å². The third kappa shape index (κ3) is 5.70. The van der Waals surface area contributed by atoms with E-state index in [4.69, 9.17) is 47.0 Å². The highest BCUT2D eigenvalue weighted by Crippen LogP contribution is 2.25. The van der Waals surface area contributed by atoms with Gasteiger partial charge < -0.3 is 10.6 Å². The molecule has 0 saturated carbocycles. The van der Waals surface area contributed by atoms with Crippen LogP contribution in [0.25, 0.3) is 0 Å². The van der Waals surface area contributed by atoms with Crippen molar-refractivity contribution in [1.82, 2.24) is 19.6 Å². The Morgan fingerprint density at radius 1 is 0.941 bits per heavy atom. The first-order valence-electron chi connectivity index (χ1n) is 10.2. The molecule has 2 heterocycles. The van der Waals surface area contributed by atoms with E-state index in [1.165, 1.54) is 12.1 Å². The summed E-state index contributed by atoms with van der Waals surface area (Å²) in [5.41, 5.74) is 4.29. The van der Waals surface area contributed by atoms with Crippen LogP contribution in [0.1, 0.15) is 22.5 Å². The summed E-state index contributed by atoms with van der Waals surface area (Å²) in [5, 5.41) is 17.1. The van der Waals surface area contributed by atoms with E-state index in [0.29, 0.717) is 39.1 Å². The Morgan fingerprint density at radius 3 is 2.47 bits per heavy atom. The van der Waals surface area contributed by atoms with Crippen LogP contribution in [0.3, 0.4) is 0 Å². The highest BCUT2D eigenvalue weighted by molar-refractivity contribution is 7.80. The molecule has 0 saturated heterocycles. The first-order chi connectivity index (χ1) is 16.2. The van der Waals surface area contributed by atoms with Crippen LogP contribution in [0.2, 0.25) is 15.1 Å². The monoisotopic (exact) mass is 536 g/mol. The second kappa shape index (κ2) is 10.3. The van der Waals surface area contributed by atoms with Gasteiger partial charge >= 0.3 is 0 Å². The molecular formula is C23H20Cl3FN6S. The molecule has 0 spiro atoms. The zero-order chi connectivity index (χ0) is 24.4. The van der Waals surface area contributed by atoms with Gasteiger partial charge in [0.25, 0.3) is 0 Å². The molecule has 34 heavy (non-hydrogen) atoms. The fourth-order valence-electron chi connectivity index (χ4n) is 3.44. The standard InChI is InChI=1S/C23H20Cl3FN6S/c1-13-22(14(2)33(30-13)11-15-3-6-18(24)20(26)9-15)29-23(34)28-21-7-8-32(31-21)12-16-4-5-17(27)10-19(16)25/h3-10H,11-12H2,1-2H3,(H2,28,29,31,34). The van der Waals surface area contributed by atoms with Crippen molar-refractivity contribution in [3.8, 4) is 0 Å². The molecule has 2 N–H and O–H groups in total. The average Bonchev–Trinajstić information content (AvgIpc) is 3.32. The molecule has 2 aromatic carbocycles. The van der Waals surface area contributed by atoms with Crippen molar-refractivity contribution in [3.05, 3.63) is 92.1 Å². The van der Waals surface area contributed by atoms with Crippen molar-refractivity contribution >= 4 is 63.6 Å². The quantitative estimate of drug-likeness (QED) is 0.268. The van der Waals surface area contributed by atoms with E-state index >= 15 is 0 Å². The second-order valence-corrected chi connectivity index (χ2v) is 9.30. The van der Waals surface area contributed by atoms with Gasteiger partial charge in [0, 0.05) is 17.3 Å². The van der Waals surface area contributed by atoms with Gasteiger partial charge in [0.15, 0.2) is 10.9 Å². The third-order valence-electron chi connectivity index (χ3n) is 5.17. The highest BCUT2D eigenvalue weighted by atomic mass is 35.5. The van der Waals surface area contributed by atoms with Crippen LogP contribution in [0.5, 0.6) is 0 Å². The molecule has 176 valence electrons. The Hall–Kier alpha value is -2.65. The van der Waals surface area contributed by atoms with Gasteiger partial charge in [0.1, 0.15) is 5.82 Å². The van der Waals surface area contributed by atoms with E-state index < -0.39 is 0 Å². The summed E-state index contributed by atoms with van der Waals surface area (Å²) in [6, 6.07) is 11.6. The SMILES string of the molecule is Cc1nn(Cc2ccc(Cl)c(Cl)c2)c(C)c1NC(=S)Nc1ccn(Cc2ccc(F)cc2Cl)n1. The number of rotatable bonds is 6. The molecular weight excluding hydrogens is 518 g/mol. The summed E-state index contributed by atoms with van der Waals surface area (Å²) in [4.78, 5) is 0. The molecule has 0 radical (unpaired) electrons. The number of nitrogens with one attached hydrogen (secondary N) is 2.